The Hall–Kier alpha value is -3.44. The third-order valence-electron chi connectivity index (χ3n) is 9.57. The summed E-state index contributed by atoms with van der Waals surface area (Å²) in [5.74, 6) is 1.08. The largest absolute Gasteiger partial charge is 0.396 e. The number of aliphatic hydroxyl groups excluding tert-OH is 1. The maximum atomic E-state index is 13.8. The van der Waals surface area contributed by atoms with Gasteiger partial charge in [-0.15, -0.1) is 12.4 Å². The predicted octanol–water partition coefficient (Wildman–Crippen LogP) is 7.96. The number of hydrogen-bond donors (Lipinski definition) is 2. The van der Waals surface area contributed by atoms with Crippen molar-refractivity contribution >= 4 is 62.6 Å². The van der Waals surface area contributed by atoms with Crippen LogP contribution in [0.25, 0.3) is 11.0 Å². The molecule has 0 atom stereocenters. The molecule has 12 heteroatoms. The molecule has 262 valence electrons. The van der Waals surface area contributed by atoms with E-state index >= 15 is 0 Å². The fourth-order valence-electron chi connectivity index (χ4n) is 6.88. The van der Waals surface area contributed by atoms with Crippen LogP contribution in [-0.2, 0) is 10.0 Å². The number of amides is 1. The van der Waals surface area contributed by atoms with Crippen LogP contribution in [0.15, 0.2) is 95.9 Å². The second kappa shape index (κ2) is 15.4. The van der Waals surface area contributed by atoms with E-state index in [1.807, 2.05) is 24.3 Å². The number of nitrogens with one attached hydrogen (secondary N) is 1. The molecule has 2 heterocycles. The minimum Gasteiger partial charge on any atom is -0.396 e. The molecule has 1 aliphatic carbocycles. The van der Waals surface area contributed by atoms with E-state index in [1.54, 1.807) is 18.2 Å². The highest BCUT2D eigenvalue weighted by Crippen LogP contribution is 2.44. The first-order valence-corrected chi connectivity index (χ1v) is 18.9. The molecule has 1 aromatic heterocycles. The van der Waals surface area contributed by atoms with Gasteiger partial charge in [-0.3, -0.25) is 4.79 Å². The molecule has 7 rings (SSSR count). The summed E-state index contributed by atoms with van der Waals surface area (Å²) in [6.07, 6.45) is 3.93. The maximum Gasteiger partial charge on any atom is 0.251 e. The molecule has 5 aromatic rings. The maximum absolute atomic E-state index is 13.8. The van der Waals surface area contributed by atoms with Crippen molar-refractivity contribution < 1.29 is 18.3 Å². The average Bonchev–Trinajstić information content (AvgIpc) is 3.90. The molecule has 2 N–H and O–H groups in total. The van der Waals surface area contributed by atoms with Crippen LogP contribution in [0.2, 0.25) is 10.0 Å². The first-order valence-electron chi connectivity index (χ1n) is 16.7. The summed E-state index contributed by atoms with van der Waals surface area (Å²) >= 11 is 12.5. The van der Waals surface area contributed by atoms with Crippen molar-refractivity contribution in [2.24, 2.45) is 0 Å². The SMILES string of the molecule is Cl.O=C(NCCCO)c1cccc(S(=O)(=O)N2CCC(n3c(C4CC4)nc4ccc(C(c5ccc(Cl)cc5)c5ccc(Cl)cc5)cc43)CC2)c1. The molecule has 8 nitrogen and oxygen atoms in total. The van der Waals surface area contributed by atoms with Gasteiger partial charge in [0.05, 0.1) is 15.9 Å². The standard InChI is InChI=1S/C38H38Cl2N4O4S.ClH/c39-30-12-7-25(8-13-30)36(26-9-14-31(40)15-10-26)28-11-16-34-35(24-28)44(37(42-34)27-5-6-27)32-17-20-43(21-18-32)49(47,48)33-4-1-3-29(23-33)38(46)41-19-2-22-45;/h1,3-4,7-16,23-24,27,32,36,45H,2,5-6,17-22H2,(H,41,46);1H. The van der Waals surface area contributed by atoms with Gasteiger partial charge in [0.1, 0.15) is 5.82 Å². The van der Waals surface area contributed by atoms with Crippen molar-refractivity contribution in [1.82, 2.24) is 19.2 Å². The van der Waals surface area contributed by atoms with E-state index in [2.05, 4.69) is 52.3 Å². The van der Waals surface area contributed by atoms with Crippen molar-refractivity contribution in [1.29, 1.82) is 0 Å². The van der Waals surface area contributed by atoms with Crippen LogP contribution in [0, 0.1) is 0 Å². The summed E-state index contributed by atoms with van der Waals surface area (Å²) in [7, 11) is -3.81. The number of benzene rings is 4. The Bertz CT molecular complexity index is 2030. The summed E-state index contributed by atoms with van der Waals surface area (Å²) < 4.78 is 31.5. The van der Waals surface area contributed by atoms with E-state index < -0.39 is 10.0 Å². The molecule has 0 unspecified atom stereocenters. The molecule has 1 saturated heterocycles. The van der Waals surface area contributed by atoms with Gasteiger partial charge in [-0.05, 0) is 103 Å². The summed E-state index contributed by atoms with van der Waals surface area (Å²) in [6.45, 7) is 1.01. The van der Waals surface area contributed by atoms with Crippen molar-refractivity contribution in [2.45, 2.75) is 54.9 Å². The van der Waals surface area contributed by atoms with Gasteiger partial charge in [-0.2, -0.15) is 4.31 Å². The molecule has 0 bridgehead atoms. The smallest absolute Gasteiger partial charge is 0.251 e. The van der Waals surface area contributed by atoms with Gasteiger partial charge in [-0.1, -0.05) is 59.6 Å². The Kier molecular flexibility index (Phi) is 11.2. The van der Waals surface area contributed by atoms with Gasteiger partial charge in [0.2, 0.25) is 10.0 Å². The summed E-state index contributed by atoms with van der Waals surface area (Å²) in [5.41, 5.74) is 5.64. The van der Waals surface area contributed by atoms with Gasteiger partial charge in [0, 0.05) is 59.7 Å². The van der Waals surface area contributed by atoms with Gasteiger partial charge < -0.3 is 15.0 Å². The van der Waals surface area contributed by atoms with E-state index in [0.717, 1.165) is 46.4 Å². The number of piperidine rings is 1. The summed E-state index contributed by atoms with van der Waals surface area (Å²) in [5, 5.41) is 13.1. The Morgan fingerprint density at radius 1 is 0.860 bits per heavy atom. The molecule has 0 spiro atoms. The number of carbonyl (C=O) groups is 1. The van der Waals surface area contributed by atoms with Crippen LogP contribution in [-0.4, -0.2) is 59.5 Å². The summed E-state index contributed by atoms with van der Waals surface area (Å²) in [4.78, 5) is 17.8. The Morgan fingerprint density at radius 2 is 1.48 bits per heavy atom. The minimum atomic E-state index is -3.81. The molecule has 1 aliphatic heterocycles. The first-order chi connectivity index (χ1) is 23.7. The predicted molar refractivity (Wildman–Crippen MR) is 200 cm³/mol. The number of aliphatic hydroxyl groups is 1. The Balaban J connectivity index is 0.00000432. The molecule has 0 radical (unpaired) electrons. The summed E-state index contributed by atoms with van der Waals surface area (Å²) in [6, 6.07) is 28.7. The first kappa shape index (κ1) is 36.4. The fraction of sp³-hybridized carbons (Fsp3) is 0.316. The number of imidazole rings is 1. The van der Waals surface area contributed by atoms with Crippen LogP contribution in [0.3, 0.4) is 0 Å². The highest BCUT2D eigenvalue weighted by atomic mass is 35.5. The molecular formula is C38H39Cl3N4O4S. The number of hydrogen-bond acceptors (Lipinski definition) is 5. The highest BCUT2D eigenvalue weighted by molar-refractivity contribution is 7.89. The number of rotatable bonds is 11. The number of aromatic nitrogens is 2. The van der Waals surface area contributed by atoms with Crippen LogP contribution in [0.1, 0.15) is 82.9 Å². The van der Waals surface area contributed by atoms with E-state index in [-0.39, 0.29) is 47.3 Å². The van der Waals surface area contributed by atoms with Crippen LogP contribution < -0.4 is 5.32 Å². The van der Waals surface area contributed by atoms with E-state index in [1.165, 1.54) is 10.4 Å². The van der Waals surface area contributed by atoms with E-state index in [4.69, 9.17) is 33.3 Å². The lowest BCUT2D eigenvalue weighted by Crippen LogP contribution is -2.39. The van der Waals surface area contributed by atoms with Crippen molar-refractivity contribution in [3.05, 3.63) is 129 Å². The fourth-order valence-corrected chi connectivity index (χ4v) is 8.65. The molecule has 2 aliphatic rings. The number of halogens is 3. The van der Waals surface area contributed by atoms with Crippen molar-refractivity contribution in [2.75, 3.05) is 26.2 Å². The Labute approximate surface area is 308 Å². The van der Waals surface area contributed by atoms with E-state index in [9.17, 15) is 13.2 Å². The lowest BCUT2D eigenvalue weighted by Gasteiger charge is -2.33. The number of fused-ring (bicyclic) bond motifs is 1. The van der Waals surface area contributed by atoms with Gasteiger partial charge in [-0.25, -0.2) is 13.4 Å². The zero-order valence-electron chi connectivity index (χ0n) is 27.3. The van der Waals surface area contributed by atoms with Gasteiger partial charge in [0.15, 0.2) is 0 Å². The molecule has 1 saturated carbocycles. The lowest BCUT2D eigenvalue weighted by atomic mass is 9.85. The average molecular weight is 754 g/mol. The van der Waals surface area contributed by atoms with Gasteiger partial charge >= 0.3 is 0 Å². The van der Waals surface area contributed by atoms with Crippen molar-refractivity contribution in [3.63, 3.8) is 0 Å². The second-order valence-corrected chi connectivity index (χ2v) is 15.7. The van der Waals surface area contributed by atoms with Gasteiger partial charge in [0.25, 0.3) is 5.91 Å². The van der Waals surface area contributed by atoms with E-state index in [0.29, 0.717) is 54.9 Å². The third kappa shape index (κ3) is 7.59. The molecular weight excluding hydrogens is 715 g/mol. The zero-order valence-corrected chi connectivity index (χ0v) is 30.5. The minimum absolute atomic E-state index is 0. The topological polar surface area (TPSA) is 105 Å². The number of carbonyl (C=O) groups excluding carboxylic acids is 1. The lowest BCUT2D eigenvalue weighted by molar-refractivity contribution is 0.0951. The van der Waals surface area contributed by atoms with Crippen molar-refractivity contribution in [3.8, 4) is 0 Å². The number of sulfonamides is 1. The van der Waals surface area contributed by atoms with Crippen LogP contribution in [0.4, 0.5) is 0 Å². The molecule has 4 aromatic carbocycles. The third-order valence-corrected chi connectivity index (χ3v) is 12.0. The highest BCUT2D eigenvalue weighted by Gasteiger charge is 2.36. The number of nitrogens with zero attached hydrogens (tertiary/aromatic N) is 3. The van der Waals surface area contributed by atoms with Crippen LogP contribution >= 0.6 is 35.6 Å². The quantitative estimate of drug-likeness (QED) is 0.105. The monoisotopic (exact) mass is 752 g/mol. The molecule has 2 fully saturated rings. The molecule has 1 amide bonds. The zero-order chi connectivity index (χ0) is 34.1. The normalized spacial score (nSPS) is 15.7. The second-order valence-electron chi connectivity index (χ2n) is 12.9. The molecule has 50 heavy (non-hydrogen) atoms. The Morgan fingerprint density at radius 3 is 2.08 bits per heavy atom. The van der Waals surface area contributed by atoms with Crippen LogP contribution in [0.5, 0.6) is 0 Å².